The smallest absolute Gasteiger partial charge is 0.323 e. The number of ketones is 1. The Morgan fingerprint density at radius 3 is 2.48 bits per heavy atom. The van der Waals surface area contributed by atoms with E-state index in [0.29, 0.717) is 29.9 Å². The van der Waals surface area contributed by atoms with Gasteiger partial charge >= 0.3 is 6.03 Å². The van der Waals surface area contributed by atoms with Crippen molar-refractivity contribution in [3.8, 4) is 11.5 Å². The number of nitrogens with one attached hydrogen (secondary N) is 3. The lowest BCUT2D eigenvalue weighted by Crippen LogP contribution is -2.66. The van der Waals surface area contributed by atoms with Crippen molar-refractivity contribution in [1.29, 1.82) is 0 Å². The first-order chi connectivity index (χ1) is 14.6. The highest BCUT2D eigenvalue weighted by molar-refractivity contribution is 6.04. The summed E-state index contributed by atoms with van der Waals surface area (Å²) in [4.78, 5) is 38.1. The number of amides is 3. The Hall–Kier alpha value is -3.03. The van der Waals surface area contributed by atoms with E-state index in [1.54, 1.807) is 7.11 Å². The van der Waals surface area contributed by atoms with Crippen LogP contribution in [0, 0.1) is 11.3 Å². The fourth-order valence-electron chi connectivity index (χ4n) is 4.88. The second-order valence-corrected chi connectivity index (χ2v) is 9.50. The van der Waals surface area contributed by atoms with E-state index in [1.165, 1.54) is 0 Å². The molecule has 2 heterocycles. The number of imide groups is 1. The lowest BCUT2D eigenvalue weighted by Gasteiger charge is -2.46. The van der Waals surface area contributed by atoms with Crippen LogP contribution < -0.4 is 25.4 Å². The second kappa shape index (κ2) is 7.59. The van der Waals surface area contributed by atoms with E-state index in [9.17, 15) is 14.4 Å². The molecular formula is C23H29N3O5. The number of fused-ring (bicyclic) bond motifs is 1. The number of methoxy groups -OCH3 is 1. The zero-order valence-corrected chi connectivity index (χ0v) is 18.5. The molecule has 0 saturated carbocycles. The van der Waals surface area contributed by atoms with Gasteiger partial charge in [-0.1, -0.05) is 19.9 Å². The number of carbonyl (C=O) groups excluding carboxylic acids is 3. The third-order valence-electron chi connectivity index (χ3n) is 6.01. The van der Waals surface area contributed by atoms with Gasteiger partial charge in [0.1, 0.15) is 6.17 Å². The predicted molar refractivity (Wildman–Crippen MR) is 114 cm³/mol. The third kappa shape index (κ3) is 3.86. The molecule has 0 radical (unpaired) electrons. The molecule has 166 valence electrons. The van der Waals surface area contributed by atoms with Gasteiger partial charge in [-0.05, 0) is 43.4 Å². The summed E-state index contributed by atoms with van der Waals surface area (Å²) in [6.07, 6.45) is 0.445. The van der Waals surface area contributed by atoms with E-state index in [1.807, 2.05) is 45.9 Å². The Balaban J connectivity index is 1.85. The first-order valence-corrected chi connectivity index (χ1v) is 10.6. The number of ether oxygens (including phenoxy) is 2. The van der Waals surface area contributed by atoms with Gasteiger partial charge in [-0.15, -0.1) is 0 Å². The minimum Gasteiger partial charge on any atom is -0.493 e. The zero-order valence-electron chi connectivity index (χ0n) is 18.5. The van der Waals surface area contributed by atoms with Crippen LogP contribution in [-0.2, 0) is 9.59 Å². The van der Waals surface area contributed by atoms with Crippen LogP contribution in [0.2, 0.25) is 0 Å². The van der Waals surface area contributed by atoms with Crippen LogP contribution in [0.5, 0.6) is 11.5 Å². The number of rotatable bonds is 4. The Morgan fingerprint density at radius 2 is 1.81 bits per heavy atom. The van der Waals surface area contributed by atoms with Crippen LogP contribution >= 0.6 is 0 Å². The highest BCUT2D eigenvalue weighted by Gasteiger charge is 2.51. The van der Waals surface area contributed by atoms with Crippen molar-refractivity contribution in [3.05, 3.63) is 35.0 Å². The summed E-state index contributed by atoms with van der Waals surface area (Å²) in [5, 5.41) is 8.44. The molecule has 1 aliphatic carbocycles. The number of hydrogen-bond acceptors (Lipinski definition) is 6. The van der Waals surface area contributed by atoms with Crippen LogP contribution in [-0.4, -0.2) is 37.1 Å². The van der Waals surface area contributed by atoms with Crippen LogP contribution in [0.3, 0.4) is 0 Å². The minimum atomic E-state index is -0.664. The lowest BCUT2D eigenvalue weighted by atomic mass is 9.66. The van der Waals surface area contributed by atoms with Crippen molar-refractivity contribution < 1.29 is 23.9 Å². The highest BCUT2D eigenvalue weighted by Crippen LogP contribution is 2.48. The van der Waals surface area contributed by atoms with Crippen molar-refractivity contribution in [2.75, 3.05) is 7.11 Å². The molecule has 3 unspecified atom stereocenters. The summed E-state index contributed by atoms with van der Waals surface area (Å²) >= 11 is 0. The molecule has 8 heteroatoms. The normalized spacial score (nSPS) is 27.0. The van der Waals surface area contributed by atoms with Crippen LogP contribution in [0.1, 0.15) is 52.0 Å². The standard InChI is InChI=1S/C23H29N3O5/c1-11(2)31-15-7-6-12(8-16(15)30-5)17-18-13(9-23(3,4)10-14(18)27)24-20-19(17)21(28)26-22(29)25-20/h6-8,11,17,19-20,24H,9-10H2,1-5H3,(H2,25,26,28,29). The number of benzene rings is 1. The molecule has 0 bridgehead atoms. The van der Waals surface area contributed by atoms with E-state index in [2.05, 4.69) is 16.0 Å². The summed E-state index contributed by atoms with van der Waals surface area (Å²) < 4.78 is 11.4. The van der Waals surface area contributed by atoms with Crippen molar-refractivity contribution in [1.82, 2.24) is 16.0 Å². The second-order valence-electron chi connectivity index (χ2n) is 9.50. The third-order valence-corrected chi connectivity index (χ3v) is 6.01. The highest BCUT2D eigenvalue weighted by atomic mass is 16.5. The average Bonchev–Trinajstić information content (AvgIpc) is 2.65. The quantitative estimate of drug-likeness (QED) is 0.682. The van der Waals surface area contributed by atoms with E-state index >= 15 is 0 Å². The van der Waals surface area contributed by atoms with Gasteiger partial charge in [-0.2, -0.15) is 0 Å². The Labute approximate surface area is 181 Å². The number of hydrogen-bond donors (Lipinski definition) is 3. The first-order valence-electron chi connectivity index (χ1n) is 10.6. The van der Waals surface area contributed by atoms with Crippen LogP contribution in [0.15, 0.2) is 29.5 Å². The minimum absolute atomic E-state index is 0.0216. The maximum absolute atomic E-state index is 13.3. The van der Waals surface area contributed by atoms with Gasteiger partial charge in [0.15, 0.2) is 17.3 Å². The maximum atomic E-state index is 13.3. The largest absolute Gasteiger partial charge is 0.493 e. The van der Waals surface area contributed by atoms with Gasteiger partial charge < -0.3 is 20.1 Å². The van der Waals surface area contributed by atoms with Crippen molar-refractivity contribution in [2.24, 2.45) is 11.3 Å². The van der Waals surface area contributed by atoms with Gasteiger partial charge in [-0.25, -0.2) is 4.79 Å². The topological polar surface area (TPSA) is 106 Å². The van der Waals surface area contributed by atoms with Gasteiger partial charge in [0.05, 0.1) is 19.1 Å². The van der Waals surface area contributed by atoms with Crippen molar-refractivity contribution >= 4 is 17.7 Å². The molecule has 1 fully saturated rings. The molecule has 3 amide bonds. The van der Waals surface area contributed by atoms with Crippen molar-refractivity contribution in [3.63, 3.8) is 0 Å². The molecular weight excluding hydrogens is 398 g/mol. The number of carbonyl (C=O) groups is 3. The van der Waals surface area contributed by atoms with Gasteiger partial charge in [0.25, 0.3) is 0 Å². The SMILES string of the molecule is COc1cc(C2C3=C(CC(C)(C)CC3=O)NC3NC(=O)NC(=O)C32)ccc1OC(C)C. The molecule has 3 aliphatic rings. The first kappa shape index (κ1) is 21.2. The fourth-order valence-corrected chi connectivity index (χ4v) is 4.88. The van der Waals surface area contributed by atoms with Crippen molar-refractivity contribution in [2.45, 2.75) is 58.7 Å². The number of Topliss-reactive ketones (excluding diaryl/α,β-unsaturated/α-hetero) is 1. The Bertz CT molecular complexity index is 981. The van der Waals surface area contributed by atoms with E-state index in [0.717, 1.165) is 11.3 Å². The maximum Gasteiger partial charge on any atom is 0.323 e. The summed E-state index contributed by atoms with van der Waals surface area (Å²) in [5.74, 6) is -0.424. The summed E-state index contributed by atoms with van der Waals surface area (Å²) in [5.41, 5.74) is 1.99. The summed E-state index contributed by atoms with van der Waals surface area (Å²) in [6.45, 7) is 7.95. The van der Waals surface area contributed by atoms with Gasteiger partial charge in [-0.3, -0.25) is 14.9 Å². The van der Waals surface area contributed by atoms with Gasteiger partial charge in [0.2, 0.25) is 5.91 Å². The molecule has 8 nitrogen and oxygen atoms in total. The lowest BCUT2D eigenvalue weighted by molar-refractivity contribution is -0.127. The molecule has 1 saturated heterocycles. The molecule has 0 aromatic heterocycles. The molecule has 3 atom stereocenters. The molecule has 3 N–H and O–H groups in total. The average molecular weight is 428 g/mol. The van der Waals surface area contributed by atoms with Crippen LogP contribution in [0.4, 0.5) is 4.79 Å². The Kier molecular flexibility index (Phi) is 5.19. The monoisotopic (exact) mass is 427 g/mol. The number of allylic oxidation sites excluding steroid dienone is 2. The molecule has 0 spiro atoms. The van der Waals surface area contributed by atoms with E-state index in [4.69, 9.17) is 9.47 Å². The summed E-state index contributed by atoms with van der Waals surface area (Å²) in [7, 11) is 1.56. The molecule has 2 aliphatic heterocycles. The van der Waals surface area contributed by atoms with E-state index < -0.39 is 29.9 Å². The molecule has 1 aromatic carbocycles. The van der Waals surface area contributed by atoms with Gasteiger partial charge in [0, 0.05) is 23.6 Å². The Morgan fingerprint density at radius 1 is 1.06 bits per heavy atom. The zero-order chi connectivity index (χ0) is 22.5. The van der Waals surface area contributed by atoms with Crippen LogP contribution in [0.25, 0.3) is 0 Å². The van der Waals surface area contributed by atoms with E-state index in [-0.39, 0.29) is 17.3 Å². The molecule has 4 rings (SSSR count). The fraction of sp³-hybridized carbons (Fsp3) is 0.522. The molecule has 31 heavy (non-hydrogen) atoms. The summed E-state index contributed by atoms with van der Waals surface area (Å²) in [6, 6.07) is 4.96. The predicted octanol–water partition coefficient (Wildman–Crippen LogP) is 2.59. The molecule has 1 aromatic rings. The number of urea groups is 1.